The number of nitrogens with one attached hydrogen (secondary N) is 2. The van der Waals surface area contributed by atoms with Crippen LogP contribution >= 0.6 is 0 Å². The van der Waals surface area contributed by atoms with Crippen molar-refractivity contribution < 1.29 is 38.7 Å². The minimum absolute atomic E-state index is 0.0266. The van der Waals surface area contributed by atoms with Gasteiger partial charge in [-0.2, -0.15) is 0 Å². The van der Waals surface area contributed by atoms with Crippen LogP contribution < -0.4 is 10.6 Å². The van der Waals surface area contributed by atoms with Gasteiger partial charge in [-0.15, -0.1) is 0 Å². The Morgan fingerprint density at radius 3 is 2.44 bits per heavy atom. The number of hydrogen-bond donors (Lipinski definition) is 4. The highest BCUT2D eigenvalue weighted by molar-refractivity contribution is 6.43. The topological polar surface area (TPSA) is 158 Å². The Bertz CT molecular complexity index is 1110. The van der Waals surface area contributed by atoms with E-state index in [2.05, 4.69) is 16.7 Å². The molecule has 4 aliphatic rings. The molecule has 0 bridgehead atoms. The van der Waals surface area contributed by atoms with Crippen molar-refractivity contribution in [3.63, 3.8) is 0 Å². The van der Waals surface area contributed by atoms with E-state index in [4.69, 9.17) is 9.47 Å². The summed E-state index contributed by atoms with van der Waals surface area (Å²) in [7, 11) is -1.78. The van der Waals surface area contributed by atoms with Gasteiger partial charge < -0.3 is 35.1 Å². The molecule has 4 N–H and O–H groups in total. The molecule has 43 heavy (non-hydrogen) atoms. The van der Waals surface area contributed by atoms with Gasteiger partial charge in [0.05, 0.1) is 12.5 Å². The Balaban J connectivity index is 1.52. The average Bonchev–Trinajstić information content (AvgIpc) is 3.58. The molecule has 1 saturated heterocycles. The molecule has 4 amide bonds. The first-order valence-electron chi connectivity index (χ1n) is 15.7. The fourth-order valence-corrected chi connectivity index (χ4v) is 6.45. The summed E-state index contributed by atoms with van der Waals surface area (Å²) < 4.78 is 11.3. The Hall–Kier alpha value is -3.06. The molecule has 12 nitrogen and oxygen atoms in total. The van der Waals surface area contributed by atoms with Crippen molar-refractivity contribution in [2.24, 2.45) is 5.92 Å². The van der Waals surface area contributed by atoms with Crippen LogP contribution in [0.15, 0.2) is 23.3 Å². The number of rotatable bonds is 8. The molecule has 0 aromatic carbocycles. The minimum Gasteiger partial charge on any atom is -0.444 e. The molecule has 4 atom stereocenters. The van der Waals surface area contributed by atoms with Gasteiger partial charge in [0.25, 0.3) is 0 Å². The van der Waals surface area contributed by atoms with Crippen LogP contribution in [0.2, 0.25) is 0 Å². The van der Waals surface area contributed by atoms with Crippen molar-refractivity contribution >= 4 is 31.1 Å². The molecule has 2 heterocycles. The summed E-state index contributed by atoms with van der Waals surface area (Å²) in [6.07, 6.45) is 8.69. The lowest BCUT2D eigenvalue weighted by Crippen LogP contribution is -2.58. The van der Waals surface area contributed by atoms with Crippen LogP contribution in [0, 0.1) is 5.92 Å². The zero-order valence-corrected chi connectivity index (χ0v) is 25.8. The smallest absolute Gasteiger partial charge is 0.444 e. The van der Waals surface area contributed by atoms with Crippen LogP contribution in [0.5, 0.6) is 0 Å². The van der Waals surface area contributed by atoms with Gasteiger partial charge in [0.15, 0.2) is 0 Å². The van der Waals surface area contributed by atoms with E-state index in [-0.39, 0.29) is 25.3 Å². The van der Waals surface area contributed by atoms with Crippen molar-refractivity contribution in [1.29, 1.82) is 0 Å². The minimum atomic E-state index is -1.78. The van der Waals surface area contributed by atoms with Gasteiger partial charge in [-0.1, -0.05) is 38.3 Å². The average molecular weight is 603 g/mol. The Morgan fingerprint density at radius 1 is 1.09 bits per heavy atom. The maximum absolute atomic E-state index is 14.2. The van der Waals surface area contributed by atoms with E-state index in [9.17, 15) is 29.2 Å². The summed E-state index contributed by atoms with van der Waals surface area (Å²) in [5.74, 6) is -2.10. The van der Waals surface area contributed by atoms with E-state index in [0.717, 1.165) is 50.5 Å². The highest BCUT2D eigenvalue weighted by Gasteiger charge is 2.46. The number of ether oxygens (including phenoxy) is 2. The summed E-state index contributed by atoms with van der Waals surface area (Å²) in [5, 5.41) is 24.9. The Kier molecular flexibility index (Phi) is 10.8. The predicted octanol–water partition coefficient (Wildman–Crippen LogP) is 2.44. The lowest BCUT2D eigenvalue weighted by Gasteiger charge is -2.35. The molecule has 0 radical (unpaired) electrons. The third kappa shape index (κ3) is 8.53. The highest BCUT2D eigenvalue weighted by Crippen LogP contribution is 2.32. The fraction of sp³-hybridized carbons (Fsp3) is 0.733. The molecular formula is C30H47BN4O8. The summed E-state index contributed by atoms with van der Waals surface area (Å²) >= 11 is 0. The first-order valence-corrected chi connectivity index (χ1v) is 15.7. The normalized spacial score (nSPS) is 23.9. The van der Waals surface area contributed by atoms with Crippen molar-refractivity contribution in [2.45, 2.75) is 115 Å². The third-order valence-corrected chi connectivity index (χ3v) is 8.69. The maximum atomic E-state index is 14.2. The van der Waals surface area contributed by atoms with Gasteiger partial charge >= 0.3 is 19.3 Å². The third-order valence-electron chi connectivity index (χ3n) is 8.69. The molecule has 0 spiro atoms. The molecule has 2 fully saturated rings. The monoisotopic (exact) mass is 602 g/mol. The molecule has 238 valence electrons. The van der Waals surface area contributed by atoms with Crippen LogP contribution in [-0.2, 0) is 19.1 Å². The summed E-state index contributed by atoms with van der Waals surface area (Å²) in [6.45, 7) is 7.86. The lowest BCUT2D eigenvalue weighted by molar-refractivity contribution is -0.141. The molecule has 2 aliphatic carbocycles. The van der Waals surface area contributed by atoms with Crippen molar-refractivity contribution in [2.75, 3.05) is 19.6 Å². The van der Waals surface area contributed by atoms with E-state index in [0.29, 0.717) is 13.1 Å². The lowest BCUT2D eigenvalue weighted by atomic mass is 9.77. The summed E-state index contributed by atoms with van der Waals surface area (Å²) in [4.78, 5) is 56.7. The quantitative estimate of drug-likeness (QED) is 0.309. The van der Waals surface area contributed by atoms with Crippen molar-refractivity contribution in [3.8, 4) is 0 Å². The largest absolute Gasteiger partial charge is 0.475 e. The van der Waals surface area contributed by atoms with Crippen LogP contribution in [0.4, 0.5) is 9.59 Å². The van der Waals surface area contributed by atoms with E-state index in [1.165, 1.54) is 10.5 Å². The first kappa shape index (κ1) is 32.9. The van der Waals surface area contributed by atoms with Crippen molar-refractivity contribution in [1.82, 2.24) is 20.4 Å². The molecular weight excluding hydrogens is 555 g/mol. The van der Waals surface area contributed by atoms with Crippen LogP contribution in [0.3, 0.4) is 0 Å². The van der Waals surface area contributed by atoms with Gasteiger partial charge in [-0.3, -0.25) is 14.5 Å². The van der Waals surface area contributed by atoms with E-state index >= 15 is 0 Å². The SMILES string of the molecule is CC[C@H](NC(=O)[C@@H]1C[C@@H](OC(=O)N2CC3=C(CCC=C3)C2)CN1C(=O)[C@@H](NC(=O)OC(C)(C)C)C1CCCCC1)B(O)O. The van der Waals surface area contributed by atoms with E-state index in [1.807, 2.05) is 6.08 Å². The molecule has 2 aliphatic heterocycles. The zero-order chi connectivity index (χ0) is 31.3. The fourth-order valence-electron chi connectivity index (χ4n) is 6.45. The van der Waals surface area contributed by atoms with Gasteiger partial charge in [0.2, 0.25) is 11.8 Å². The second kappa shape index (κ2) is 14.2. The van der Waals surface area contributed by atoms with Gasteiger partial charge in [-0.25, -0.2) is 9.59 Å². The number of nitrogens with zero attached hydrogens (tertiary/aromatic N) is 2. The number of likely N-dealkylation sites (tertiary alicyclic amines) is 1. The number of carbonyl (C=O) groups is 4. The predicted molar refractivity (Wildman–Crippen MR) is 160 cm³/mol. The molecule has 4 rings (SSSR count). The second-order valence-electron chi connectivity index (χ2n) is 13.1. The van der Waals surface area contributed by atoms with Crippen LogP contribution in [0.1, 0.15) is 85.5 Å². The molecule has 13 heteroatoms. The Morgan fingerprint density at radius 2 is 1.81 bits per heavy atom. The molecule has 1 saturated carbocycles. The number of hydrogen-bond acceptors (Lipinski definition) is 8. The highest BCUT2D eigenvalue weighted by atomic mass is 16.6. The van der Waals surface area contributed by atoms with Gasteiger partial charge in [0.1, 0.15) is 23.8 Å². The number of carbonyl (C=O) groups excluding carboxylic acids is 4. The van der Waals surface area contributed by atoms with E-state index < -0.39 is 60.8 Å². The summed E-state index contributed by atoms with van der Waals surface area (Å²) in [6, 6.07) is -1.95. The molecule has 0 aromatic heterocycles. The number of amides is 4. The Labute approximate surface area is 254 Å². The number of alkyl carbamates (subject to hydrolysis) is 1. The molecule has 0 unspecified atom stereocenters. The molecule has 0 aromatic rings. The van der Waals surface area contributed by atoms with Gasteiger partial charge in [-0.05, 0) is 69.9 Å². The number of allylic oxidation sites excluding steroid dienone is 1. The van der Waals surface area contributed by atoms with Crippen molar-refractivity contribution in [3.05, 3.63) is 23.3 Å². The van der Waals surface area contributed by atoms with E-state index in [1.54, 1.807) is 32.6 Å². The first-order chi connectivity index (χ1) is 20.4. The summed E-state index contributed by atoms with van der Waals surface area (Å²) in [5.41, 5.74) is 1.58. The van der Waals surface area contributed by atoms with Crippen LogP contribution in [-0.4, -0.2) is 100 Å². The van der Waals surface area contributed by atoms with Gasteiger partial charge in [0, 0.05) is 19.5 Å². The zero-order valence-electron chi connectivity index (χ0n) is 25.8. The standard InChI is InChI=1S/C30H47BN4O8/c1-5-24(31(40)41)32-26(36)23-15-22(42-29(39)34-16-20-13-9-10-14-21(20)17-34)18-35(23)27(37)25(19-11-7-6-8-12-19)33-28(38)43-30(2,3)4/h9,13,19,22-25,40-41H,5-8,10-12,14-18H2,1-4H3,(H,32,36)(H,33,38)/t22-,23+,24+,25+/m1/s1. The second-order valence-corrected chi connectivity index (χ2v) is 13.1. The maximum Gasteiger partial charge on any atom is 0.475 e. The van der Waals surface area contributed by atoms with Crippen LogP contribution in [0.25, 0.3) is 0 Å².